The highest BCUT2D eigenvalue weighted by atomic mass is 79.9. The van der Waals surface area contributed by atoms with Crippen LogP contribution in [0, 0.1) is 12.8 Å². The number of carbonyl (C=O) groups excluding carboxylic acids is 1. The minimum Gasteiger partial charge on any atom is -0.496 e. The van der Waals surface area contributed by atoms with Gasteiger partial charge in [-0.1, -0.05) is 34.1 Å². The van der Waals surface area contributed by atoms with Crippen molar-refractivity contribution >= 4 is 27.6 Å². The Morgan fingerprint density at radius 2 is 2.00 bits per heavy atom. The van der Waals surface area contributed by atoms with E-state index in [1.54, 1.807) is 7.11 Å². The molecule has 3 atom stereocenters. The molecule has 4 rings (SSSR count). The lowest BCUT2D eigenvalue weighted by atomic mass is 9.75. The van der Waals surface area contributed by atoms with Gasteiger partial charge in [-0.05, 0) is 54.7 Å². The van der Waals surface area contributed by atoms with Crippen LogP contribution in [0.2, 0.25) is 0 Å². The number of hydrogen-bond donors (Lipinski definition) is 1. The van der Waals surface area contributed by atoms with Gasteiger partial charge >= 0.3 is 5.97 Å². The van der Waals surface area contributed by atoms with Crippen LogP contribution >= 0.6 is 15.9 Å². The minimum atomic E-state index is -0.308. The molecule has 0 radical (unpaired) electrons. The summed E-state index contributed by atoms with van der Waals surface area (Å²) in [5.74, 6) is 1.29. The van der Waals surface area contributed by atoms with Gasteiger partial charge in [0.2, 0.25) is 0 Å². The molecule has 0 saturated heterocycles. The molecule has 1 aliphatic heterocycles. The Morgan fingerprint density at radius 1 is 1.19 bits per heavy atom. The van der Waals surface area contributed by atoms with Crippen molar-refractivity contribution in [2.45, 2.75) is 25.3 Å². The van der Waals surface area contributed by atoms with Crippen molar-refractivity contribution in [3.8, 4) is 5.75 Å². The van der Waals surface area contributed by atoms with Crippen molar-refractivity contribution in [1.29, 1.82) is 0 Å². The predicted molar refractivity (Wildman–Crippen MR) is 110 cm³/mol. The SMILES string of the molecule is COC(=O)c1ccc2c(c1C)N[C@H](c1cc(Br)ccc1OC)[C@H]1CC=C[C@@H]21. The van der Waals surface area contributed by atoms with Gasteiger partial charge in [0.05, 0.1) is 25.8 Å². The topological polar surface area (TPSA) is 47.6 Å². The van der Waals surface area contributed by atoms with Crippen LogP contribution in [0.4, 0.5) is 5.69 Å². The average molecular weight is 428 g/mol. The number of fused-ring (bicyclic) bond motifs is 3. The number of halogens is 1. The summed E-state index contributed by atoms with van der Waals surface area (Å²) in [5.41, 5.74) is 4.92. The molecular formula is C22H22BrNO3. The fraction of sp³-hybridized carbons (Fsp3) is 0.318. The van der Waals surface area contributed by atoms with Crippen molar-refractivity contribution < 1.29 is 14.3 Å². The first kappa shape index (κ1) is 18.1. The van der Waals surface area contributed by atoms with Gasteiger partial charge in [0, 0.05) is 21.6 Å². The standard InChI is InChI=1S/C22H22BrNO3/c1-12-14(22(25)27-3)8-9-17-15-5-4-6-16(15)21(24-20(12)17)18-11-13(23)7-10-19(18)26-2/h4-5,7-11,15-16,21,24H,6H2,1-3H3/t15-,16+,21+/m1/s1. The molecule has 4 nitrogen and oxygen atoms in total. The highest BCUT2D eigenvalue weighted by molar-refractivity contribution is 9.10. The highest BCUT2D eigenvalue weighted by Crippen LogP contribution is 2.52. The average Bonchev–Trinajstić information content (AvgIpc) is 3.17. The first-order valence-corrected chi connectivity index (χ1v) is 9.83. The third kappa shape index (κ3) is 2.94. The molecular weight excluding hydrogens is 406 g/mol. The van der Waals surface area contributed by atoms with Gasteiger partial charge in [0.15, 0.2) is 0 Å². The van der Waals surface area contributed by atoms with Gasteiger partial charge in [-0.3, -0.25) is 0 Å². The fourth-order valence-corrected chi connectivity index (χ4v) is 4.78. The van der Waals surface area contributed by atoms with Crippen molar-refractivity contribution in [3.05, 3.63) is 69.2 Å². The second kappa shape index (κ2) is 7.04. The van der Waals surface area contributed by atoms with E-state index in [2.05, 4.69) is 45.5 Å². The number of esters is 1. The van der Waals surface area contributed by atoms with Gasteiger partial charge in [-0.15, -0.1) is 0 Å². The summed E-state index contributed by atoms with van der Waals surface area (Å²) in [7, 11) is 3.12. The molecule has 0 fully saturated rings. The number of anilines is 1. The van der Waals surface area contributed by atoms with Crippen LogP contribution in [0.1, 0.15) is 45.4 Å². The van der Waals surface area contributed by atoms with E-state index in [0.29, 0.717) is 17.4 Å². The van der Waals surface area contributed by atoms with Crippen molar-refractivity contribution in [2.75, 3.05) is 19.5 Å². The molecule has 1 aliphatic carbocycles. The molecule has 0 spiro atoms. The number of nitrogens with one attached hydrogen (secondary N) is 1. The van der Waals surface area contributed by atoms with E-state index in [-0.39, 0.29) is 12.0 Å². The van der Waals surface area contributed by atoms with Crippen molar-refractivity contribution in [2.24, 2.45) is 5.92 Å². The number of hydrogen-bond acceptors (Lipinski definition) is 4. The summed E-state index contributed by atoms with van der Waals surface area (Å²) < 4.78 is 11.6. The van der Waals surface area contributed by atoms with E-state index in [9.17, 15) is 4.79 Å². The first-order valence-electron chi connectivity index (χ1n) is 9.03. The van der Waals surface area contributed by atoms with Gasteiger partial charge in [-0.2, -0.15) is 0 Å². The zero-order valence-electron chi connectivity index (χ0n) is 15.6. The molecule has 27 heavy (non-hydrogen) atoms. The van der Waals surface area contributed by atoms with Crippen LogP contribution in [-0.4, -0.2) is 20.2 Å². The number of benzene rings is 2. The third-order valence-electron chi connectivity index (χ3n) is 5.73. The number of allylic oxidation sites excluding steroid dienone is 2. The Balaban J connectivity index is 1.85. The number of methoxy groups -OCH3 is 2. The number of carbonyl (C=O) groups is 1. The van der Waals surface area contributed by atoms with Crippen LogP contribution in [0.15, 0.2) is 47.0 Å². The van der Waals surface area contributed by atoms with E-state index in [1.165, 1.54) is 12.7 Å². The molecule has 5 heteroatoms. The lowest BCUT2D eigenvalue weighted by molar-refractivity contribution is 0.0600. The molecule has 2 aromatic rings. The van der Waals surface area contributed by atoms with Gasteiger partial charge in [0.25, 0.3) is 0 Å². The van der Waals surface area contributed by atoms with Crippen molar-refractivity contribution in [3.63, 3.8) is 0 Å². The predicted octanol–water partition coefficient (Wildman–Crippen LogP) is 5.38. The second-order valence-electron chi connectivity index (χ2n) is 7.06. The Labute approximate surface area is 167 Å². The number of rotatable bonds is 3. The van der Waals surface area contributed by atoms with Crippen LogP contribution in [0.25, 0.3) is 0 Å². The molecule has 0 bridgehead atoms. The van der Waals surface area contributed by atoms with E-state index in [1.807, 2.05) is 25.1 Å². The lowest BCUT2D eigenvalue weighted by Crippen LogP contribution is -2.30. The van der Waals surface area contributed by atoms with Gasteiger partial charge in [0.1, 0.15) is 5.75 Å². The summed E-state index contributed by atoms with van der Waals surface area (Å²) in [6.07, 6.45) is 5.56. The Kier molecular flexibility index (Phi) is 4.72. The minimum absolute atomic E-state index is 0.0940. The zero-order valence-corrected chi connectivity index (χ0v) is 17.2. The second-order valence-corrected chi connectivity index (χ2v) is 7.97. The summed E-state index contributed by atoms with van der Waals surface area (Å²) >= 11 is 3.59. The highest BCUT2D eigenvalue weighted by Gasteiger charge is 2.40. The first-order chi connectivity index (χ1) is 13.0. The summed E-state index contributed by atoms with van der Waals surface area (Å²) in [6.45, 7) is 1.98. The molecule has 140 valence electrons. The van der Waals surface area contributed by atoms with Crippen LogP contribution in [0.3, 0.4) is 0 Å². The maximum atomic E-state index is 12.2. The molecule has 0 aromatic heterocycles. The molecule has 2 aromatic carbocycles. The monoisotopic (exact) mass is 427 g/mol. The summed E-state index contributed by atoms with van der Waals surface area (Å²) in [6, 6.07) is 10.1. The summed E-state index contributed by atoms with van der Waals surface area (Å²) in [4.78, 5) is 12.2. The quantitative estimate of drug-likeness (QED) is 0.527. The van der Waals surface area contributed by atoms with Crippen molar-refractivity contribution in [1.82, 2.24) is 0 Å². The van der Waals surface area contributed by atoms with E-state index in [0.717, 1.165) is 33.5 Å². The Bertz CT molecular complexity index is 937. The summed E-state index contributed by atoms with van der Waals surface area (Å²) in [5, 5.41) is 3.73. The van der Waals surface area contributed by atoms with E-state index in [4.69, 9.17) is 9.47 Å². The van der Waals surface area contributed by atoms with Gasteiger partial charge < -0.3 is 14.8 Å². The zero-order chi connectivity index (χ0) is 19.1. The largest absolute Gasteiger partial charge is 0.496 e. The molecule has 1 heterocycles. The third-order valence-corrected chi connectivity index (χ3v) is 6.22. The molecule has 1 N–H and O–H groups in total. The maximum Gasteiger partial charge on any atom is 0.338 e. The van der Waals surface area contributed by atoms with Crippen LogP contribution in [-0.2, 0) is 4.74 Å². The van der Waals surface area contributed by atoms with E-state index < -0.39 is 0 Å². The smallest absolute Gasteiger partial charge is 0.338 e. The molecule has 0 unspecified atom stereocenters. The normalized spacial score (nSPS) is 22.6. The Hall–Kier alpha value is -2.27. The fourth-order valence-electron chi connectivity index (χ4n) is 4.40. The van der Waals surface area contributed by atoms with E-state index >= 15 is 0 Å². The molecule has 0 saturated carbocycles. The molecule has 2 aliphatic rings. The number of ether oxygens (including phenoxy) is 2. The van der Waals surface area contributed by atoms with Gasteiger partial charge in [-0.25, -0.2) is 4.79 Å². The van der Waals surface area contributed by atoms with Crippen LogP contribution < -0.4 is 10.1 Å². The molecule has 0 amide bonds. The maximum absolute atomic E-state index is 12.2. The Morgan fingerprint density at radius 3 is 2.74 bits per heavy atom. The lowest BCUT2D eigenvalue weighted by Gasteiger charge is -2.39. The van der Waals surface area contributed by atoms with Crippen LogP contribution in [0.5, 0.6) is 5.75 Å².